The van der Waals surface area contributed by atoms with Crippen LogP contribution in [0.25, 0.3) is 0 Å². The SMILES string of the molecule is CC(C)OC(=O)C(NC(=O)c1ccccc1)C(O)C1CCCCC1. The molecule has 0 spiro atoms. The number of hydrogen-bond donors (Lipinski definition) is 2. The number of amides is 1. The van der Waals surface area contributed by atoms with E-state index in [0.717, 1.165) is 32.1 Å². The van der Waals surface area contributed by atoms with E-state index in [4.69, 9.17) is 4.74 Å². The fraction of sp³-hybridized carbons (Fsp3) is 0.579. The van der Waals surface area contributed by atoms with E-state index in [0.29, 0.717) is 5.56 Å². The van der Waals surface area contributed by atoms with Crippen molar-refractivity contribution in [3.05, 3.63) is 35.9 Å². The third-order valence-corrected chi connectivity index (χ3v) is 4.40. The maximum atomic E-state index is 12.4. The molecule has 5 heteroatoms. The van der Waals surface area contributed by atoms with Gasteiger partial charge in [-0.15, -0.1) is 0 Å². The molecule has 24 heavy (non-hydrogen) atoms. The number of esters is 1. The summed E-state index contributed by atoms with van der Waals surface area (Å²) in [5.41, 5.74) is 0.454. The van der Waals surface area contributed by atoms with Gasteiger partial charge in [0.25, 0.3) is 5.91 Å². The molecule has 1 aromatic carbocycles. The topological polar surface area (TPSA) is 75.6 Å². The summed E-state index contributed by atoms with van der Waals surface area (Å²) in [4.78, 5) is 24.8. The van der Waals surface area contributed by atoms with Crippen LogP contribution in [0.2, 0.25) is 0 Å². The highest BCUT2D eigenvalue weighted by atomic mass is 16.5. The Bertz CT molecular complexity index is 538. The monoisotopic (exact) mass is 333 g/mol. The molecular formula is C19H27NO4. The van der Waals surface area contributed by atoms with Gasteiger partial charge in [-0.1, -0.05) is 37.5 Å². The van der Waals surface area contributed by atoms with Crippen LogP contribution in [0.1, 0.15) is 56.3 Å². The van der Waals surface area contributed by atoms with Crippen LogP contribution in [0.5, 0.6) is 0 Å². The molecular weight excluding hydrogens is 306 g/mol. The van der Waals surface area contributed by atoms with E-state index in [1.54, 1.807) is 38.1 Å². The van der Waals surface area contributed by atoms with Crippen molar-refractivity contribution >= 4 is 11.9 Å². The van der Waals surface area contributed by atoms with Crippen LogP contribution in [-0.4, -0.2) is 35.2 Å². The first-order valence-electron chi connectivity index (χ1n) is 8.73. The van der Waals surface area contributed by atoms with Crippen LogP contribution in [0, 0.1) is 5.92 Å². The molecule has 1 amide bonds. The van der Waals surface area contributed by atoms with Gasteiger partial charge in [0.05, 0.1) is 12.2 Å². The first-order chi connectivity index (χ1) is 11.5. The Labute approximate surface area is 143 Å². The number of carbonyl (C=O) groups is 2. The van der Waals surface area contributed by atoms with Gasteiger partial charge in [0.15, 0.2) is 6.04 Å². The highest BCUT2D eigenvalue weighted by molar-refractivity contribution is 5.96. The van der Waals surface area contributed by atoms with E-state index in [-0.39, 0.29) is 17.9 Å². The van der Waals surface area contributed by atoms with Gasteiger partial charge < -0.3 is 15.2 Å². The quantitative estimate of drug-likeness (QED) is 0.785. The van der Waals surface area contributed by atoms with Gasteiger partial charge in [0, 0.05) is 5.56 Å². The van der Waals surface area contributed by atoms with Gasteiger partial charge in [-0.3, -0.25) is 4.79 Å². The molecule has 0 aromatic heterocycles. The number of benzene rings is 1. The number of nitrogens with one attached hydrogen (secondary N) is 1. The van der Waals surface area contributed by atoms with E-state index < -0.39 is 18.1 Å². The van der Waals surface area contributed by atoms with Crippen LogP contribution in [0.4, 0.5) is 0 Å². The van der Waals surface area contributed by atoms with Crippen molar-refractivity contribution in [2.75, 3.05) is 0 Å². The third kappa shape index (κ3) is 5.06. The van der Waals surface area contributed by atoms with Crippen molar-refractivity contribution in [2.24, 2.45) is 5.92 Å². The van der Waals surface area contributed by atoms with Crippen LogP contribution in [0.15, 0.2) is 30.3 Å². The predicted molar refractivity (Wildman–Crippen MR) is 91.5 cm³/mol. The Morgan fingerprint density at radius 1 is 1.12 bits per heavy atom. The highest BCUT2D eigenvalue weighted by Gasteiger charge is 2.36. The summed E-state index contributed by atoms with van der Waals surface area (Å²) in [6.07, 6.45) is 3.75. The number of rotatable bonds is 6. The van der Waals surface area contributed by atoms with Gasteiger partial charge in [0.2, 0.25) is 0 Å². The molecule has 132 valence electrons. The first kappa shape index (κ1) is 18.5. The molecule has 1 aliphatic rings. The predicted octanol–water partition coefficient (Wildman–Crippen LogP) is 2.68. The van der Waals surface area contributed by atoms with E-state index in [2.05, 4.69) is 5.32 Å². The van der Waals surface area contributed by atoms with E-state index in [9.17, 15) is 14.7 Å². The minimum Gasteiger partial charge on any atom is -0.461 e. The maximum Gasteiger partial charge on any atom is 0.331 e. The second-order valence-electron chi connectivity index (χ2n) is 6.69. The molecule has 2 unspecified atom stereocenters. The summed E-state index contributed by atoms with van der Waals surface area (Å²) in [6, 6.07) is 7.64. The summed E-state index contributed by atoms with van der Waals surface area (Å²) in [7, 11) is 0. The Hall–Kier alpha value is -1.88. The van der Waals surface area contributed by atoms with Crippen molar-refractivity contribution in [1.29, 1.82) is 0 Å². The van der Waals surface area contributed by atoms with Crippen molar-refractivity contribution in [1.82, 2.24) is 5.32 Å². The molecule has 0 bridgehead atoms. The molecule has 1 aromatic rings. The van der Waals surface area contributed by atoms with Crippen molar-refractivity contribution in [2.45, 2.75) is 64.2 Å². The highest BCUT2D eigenvalue weighted by Crippen LogP contribution is 2.28. The van der Waals surface area contributed by atoms with Gasteiger partial charge >= 0.3 is 5.97 Å². The molecule has 1 saturated carbocycles. The average molecular weight is 333 g/mol. The zero-order valence-electron chi connectivity index (χ0n) is 14.4. The third-order valence-electron chi connectivity index (χ3n) is 4.40. The van der Waals surface area contributed by atoms with Crippen LogP contribution >= 0.6 is 0 Å². The number of aliphatic hydroxyl groups excluding tert-OH is 1. The maximum absolute atomic E-state index is 12.4. The Balaban J connectivity index is 2.12. The van der Waals surface area contributed by atoms with Crippen LogP contribution < -0.4 is 5.32 Å². The van der Waals surface area contributed by atoms with Crippen molar-refractivity contribution in [3.63, 3.8) is 0 Å². The summed E-state index contributed by atoms with van der Waals surface area (Å²) in [5.74, 6) is -0.942. The molecule has 5 nitrogen and oxygen atoms in total. The summed E-state index contributed by atoms with van der Waals surface area (Å²) in [6.45, 7) is 3.50. The minimum atomic E-state index is -1.04. The standard InChI is InChI=1S/C19H27NO4/c1-13(2)24-19(23)16(17(21)14-9-5-3-6-10-14)20-18(22)15-11-7-4-8-12-15/h4,7-8,11-14,16-17,21H,3,5-6,9-10H2,1-2H3,(H,20,22). The van der Waals surface area contributed by atoms with Gasteiger partial charge in [-0.2, -0.15) is 0 Å². The van der Waals surface area contributed by atoms with Gasteiger partial charge in [-0.05, 0) is 44.7 Å². The average Bonchev–Trinajstić information content (AvgIpc) is 2.59. The lowest BCUT2D eigenvalue weighted by Crippen LogP contribution is -2.52. The Kier molecular flexibility index (Phi) is 6.79. The molecule has 0 heterocycles. The minimum absolute atomic E-state index is 0.0135. The molecule has 0 saturated heterocycles. The molecule has 1 fully saturated rings. The largest absolute Gasteiger partial charge is 0.461 e. The van der Waals surface area contributed by atoms with E-state index in [1.165, 1.54) is 0 Å². The zero-order chi connectivity index (χ0) is 17.5. The number of aliphatic hydroxyl groups is 1. The number of carbonyl (C=O) groups excluding carboxylic acids is 2. The summed E-state index contributed by atoms with van der Waals surface area (Å²) in [5, 5.41) is 13.4. The number of hydrogen-bond acceptors (Lipinski definition) is 4. The van der Waals surface area contributed by atoms with Gasteiger partial charge in [0.1, 0.15) is 0 Å². The van der Waals surface area contributed by atoms with Gasteiger partial charge in [-0.25, -0.2) is 4.79 Å². The fourth-order valence-corrected chi connectivity index (χ4v) is 3.15. The van der Waals surface area contributed by atoms with Crippen molar-refractivity contribution < 1.29 is 19.4 Å². The number of ether oxygens (including phenoxy) is 1. The first-order valence-corrected chi connectivity index (χ1v) is 8.73. The van der Waals surface area contributed by atoms with E-state index in [1.807, 2.05) is 6.07 Å². The van der Waals surface area contributed by atoms with E-state index >= 15 is 0 Å². The van der Waals surface area contributed by atoms with Crippen LogP contribution in [0.3, 0.4) is 0 Å². The second-order valence-corrected chi connectivity index (χ2v) is 6.69. The summed E-state index contributed by atoms with van der Waals surface area (Å²) >= 11 is 0. The lowest BCUT2D eigenvalue weighted by molar-refractivity contribution is -0.154. The fourth-order valence-electron chi connectivity index (χ4n) is 3.15. The second kappa shape index (κ2) is 8.83. The van der Waals surface area contributed by atoms with Crippen molar-refractivity contribution in [3.8, 4) is 0 Å². The van der Waals surface area contributed by atoms with Crippen LogP contribution in [-0.2, 0) is 9.53 Å². The molecule has 0 radical (unpaired) electrons. The smallest absolute Gasteiger partial charge is 0.331 e. The molecule has 2 rings (SSSR count). The molecule has 1 aliphatic carbocycles. The molecule has 0 aliphatic heterocycles. The molecule has 2 atom stereocenters. The Morgan fingerprint density at radius 3 is 2.33 bits per heavy atom. The lowest BCUT2D eigenvalue weighted by atomic mass is 9.82. The lowest BCUT2D eigenvalue weighted by Gasteiger charge is -2.32. The molecule has 2 N–H and O–H groups in total. The Morgan fingerprint density at radius 2 is 1.75 bits per heavy atom. The zero-order valence-corrected chi connectivity index (χ0v) is 14.4. The summed E-state index contributed by atoms with van der Waals surface area (Å²) < 4.78 is 5.25. The normalized spacial score (nSPS) is 18.0.